The molecule has 188 valence electrons. The summed E-state index contributed by atoms with van der Waals surface area (Å²) < 4.78 is 5.52. The Balaban J connectivity index is 1.31. The number of anilines is 2. The molecule has 1 saturated heterocycles. The maximum absolute atomic E-state index is 13.2. The van der Waals surface area contributed by atoms with E-state index in [4.69, 9.17) is 26.6 Å². The molecule has 0 radical (unpaired) electrons. The highest BCUT2D eigenvalue weighted by atomic mass is 35.5. The zero-order valence-electron chi connectivity index (χ0n) is 19.9. The number of ether oxygens (including phenoxy) is 1. The van der Waals surface area contributed by atoms with Crippen molar-refractivity contribution in [3.8, 4) is 5.75 Å². The van der Waals surface area contributed by atoms with Gasteiger partial charge in [0.15, 0.2) is 0 Å². The summed E-state index contributed by atoms with van der Waals surface area (Å²) >= 11 is 6.36. The van der Waals surface area contributed by atoms with Crippen LogP contribution in [0.25, 0.3) is 0 Å². The molecule has 3 N–H and O–H groups in total. The molecule has 2 unspecified atom stereocenters. The van der Waals surface area contributed by atoms with E-state index >= 15 is 0 Å². The average Bonchev–Trinajstić information content (AvgIpc) is 3.49. The Morgan fingerprint density at radius 1 is 1.23 bits per heavy atom. The Hall–Kier alpha value is -2.62. The highest BCUT2D eigenvalue weighted by molar-refractivity contribution is 6.32. The molecule has 3 fully saturated rings. The second-order valence-electron chi connectivity index (χ2n) is 9.70. The molecule has 5 rings (SSSR count). The maximum Gasteiger partial charge on any atom is 0.256 e. The monoisotopic (exact) mass is 501 g/mol. The highest BCUT2D eigenvalue weighted by Crippen LogP contribution is 2.45. The van der Waals surface area contributed by atoms with Crippen molar-refractivity contribution in [1.82, 2.24) is 15.3 Å². The first-order valence-corrected chi connectivity index (χ1v) is 12.8. The molecule has 3 aliphatic rings. The van der Waals surface area contributed by atoms with Crippen LogP contribution in [0.2, 0.25) is 5.02 Å². The van der Waals surface area contributed by atoms with Crippen molar-refractivity contribution >= 4 is 29.3 Å². The minimum absolute atomic E-state index is 0.0250. The fraction of sp³-hybridized carbons (Fsp3) is 0.560. The summed E-state index contributed by atoms with van der Waals surface area (Å²) in [5, 5.41) is 15.9. The van der Waals surface area contributed by atoms with Crippen LogP contribution in [0.15, 0.2) is 24.4 Å². The van der Waals surface area contributed by atoms with E-state index in [2.05, 4.69) is 25.4 Å². The quantitative estimate of drug-likeness (QED) is 0.347. The van der Waals surface area contributed by atoms with Gasteiger partial charge in [-0.3, -0.25) is 10.1 Å². The number of carbonyl (C=O) groups is 1. The Morgan fingerprint density at radius 3 is 2.69 bits per heavy atom. The summed E-state index contributed by atoms with van der Waals surface area (Å²) in [6.07, 6.45) is 5.67. The molecule has 0 bridgehead atoms. The van der Waals surface area contributed by atoms with E-state index in [-0.39, 0.29) is 18.1 Å². The lowest BCUT2D eigenvalue weighted by molar-refractivity contribution is -0.284. The van der Waals surface area contributed by atoms with E-state index in [1.54, 1.807) is 6.20 Å². The van der Waals surface area contributed by atoms with Gasteiger partial charge in [-0.25, -0.2) is 9.87 Å². The number of aromatic nitrogens is 2. The van der Waals surface area contributed by atoms with E-state index in [1.807, 2.05) is 25.1 Å². The topological polar surface area (TPSA) is 109 Å². The molecule has 1 aromatic heterocycles. The molecular weight excluding hydrogens is 470 g/mol. The minimum Gasteiger partial charge on any atom is -0.492 e. The number of hydrogen-bond acceptors (Lipinski definition) is 8. The molecule has 10 heteroatoms. The predicted octanol–water partition coefficient (Wildman–Crippen LogP) is 4.13. The highest BCUT2D eigenvalue weighted by Gasteiger charge is 2.46. The van der Waals surface area contributed by atoms with Gasteiger partial charge in [-0.15, -0.1) is 0 Å². The molecule has 9 nitrogen and oxygen atoms in total. The summed E-state index contributed by atoms with van der Waals surface area (Å²) in [6, 6.07) is 5.68. The van der Waals surface area contributed by atoms with E-state index in [0.29, 0.717) is 54.1 Å². The van der Waals surface area contributed by atoms with Gasteiger partial charge in [-0.2, -0.15) is 4.98 Å². The van der Waals surface area contributed by atoms with Crippen molar-refractivity contribution in [2.45, 2.75) is 57.7 Å². The number of nitrogens with one attached hydrogen (secondary N) is 2. The minimum atomic E-state index is -0.207. The zero-order chi connectivity index (χ0) is 24.4. The van der Waals surface area contributed by atoms with Crippen molar-refractivity contribution in [2.24, 2.45) is 11.8 Å². The summed E-state index contributed by atoms with van der Waals surface area (Å²) in [4.78, 5) is 29.2. The van der Waals surface area contributed by atoms with Crippen molar-refractivity contribution in [3.05, 3.63) is 40.5 Å². The fourth-order valence-corrected chi connectivity index (χ4v) is 5.33. The maximum atomic E-state index is 13.2. The second-order valence-corrected chi connectivity index (χ2v) is 10.1. The van der Waals surface area contributed by atoms with Gasteiger partial charge in [0.1, 0.15) is 17.1 Å². The van der Waals surface area contributed by atoms with Gasteiger partial charge in [0.2, 0.25) is 5.95 Å². The smallest absolute Gasteiger partial charge is 0.256 e. The van der Waals surface area contributed by atoms with Crippen molar-refractivity contribution in [3.63, 3.8) is 0 Å². The van der Waals surface area contributed by atoms with Crippen LogP contribution in [0, 0.1) is 11.8 Å². The fourth-order valence-electron chi connectivity index (χ4n) is 5.08. The Bertz CT molecular complexity index is 1050. The molecular formula is C25H32ClN5O4. The lowest BCUT2D eigenvalue weighted by Crippen LogP contribution is -2.39. The van der Waals surface area contributed by atoms with E-state index in [9.17, 15) is 4.79 Å². The van der Waals surface area contributed by atoms with Crippen LogP contribution in [0.5, 0.6) is 5.75 Å². The first kappa shape index (κ1) is 24.1. The van der Waals surface area contributed by atoms with Gasteiger partial charge in [0.05, 0.1) is 17.7 Å². The molecule has 2 atom stereocenters. The summed E-state index contributed by atoms with van der Waals surface area (Å²) in [5.74, 6) is 3.11. The van der Waals surface area contributed by atoms with Crippen LogP contribution < -0.4 is 20.3 Å². The lowest BCUT2D eigenvalue weighted by atomic mass is 9.93. The van der Waals surface area contributed by atoms with Crippen molar-refractivity contribution in [2.75, 3.05) is 29.9 Å². The molecule has 2 aliphatic carbocycles. The Kier molecular flexibility index (Phi) is 7.27. The molecule has 2 saturated carbocycles. The number of rotatable bonds is 9. The van der Waals surface area contributed by atoms with Gasteiger partial charge >= 0.3 is 0 Å². The van der Waals surface area contributed by atoms with Gasteiger partial charge in [-0.1, -0.05) is 17.7 Å². The average molecular weight is 502 g/mol. The Labute approximate surface area is 210 Å². The normalized spacial score (nSPS) is 25.2. The third-order valence-electron chi connectivity index (χ3n) is 7.20. The summed E-state index contributed by atoms with van der Waals surface area (Å²) in [5.41, 5.74) is 1.37. The molecule has 1 aromatic carbocycles. The number of amides is 1. The van der Waals surface area contributed by atoms with Crippen LogP contribution in [-0.2, 0) is 11.4 Å². The zero-order valence-corrected chi connectivity index (χ0v) is 20.6. The molecule has 1 amide bonds. The third-order valence-corrected chi connectivity index (χ3v) is 7.49. The predicted molar refractivity (Wildman–Crippen MR) is 133 cm³/mol. The largest absolute Gasteiger partial charge is 0.492 e. The van der Waals surface area contributed by atoms with Crippen molar-refractivity contribution in [1.29, 1.82) is 0 Å². The lowest BCUT2D eigenvalue weighted by Gasteiger charge is -2.27. The van der Waals surface area contributed by atoms with Crippen molar-refractivity contribution < 1.29 is 19.7 Å². The number of nitrogens with zero attached hydrogens (tertiary/aromatic N) is 3. The SMILES string of the molecule is CCOc1ccc(CNc2nc(N3CC4CC4C3)ncc2C(=O)NC2CCC(OO)CC2)cc1Cl. The molecule has 35 heavy (non-hydrogen) atoms. The van der Waals surface area contributed by atoms with E-state index < -0.39 is 0 Å². The van der Waals surface area contributed by atoms with Crippen LogP contribution in [0.3, 0.4) is 0 Å². The number of halogens is 1. The van der Waals surface area contributed by atoms with Gasteiger partial charge in [-0.05, 0) is 68.6 Å². The third kappa shape index (κ3) is 5.63. The van der Waals surface area contributed by atoms with E-state index in [0.717, 1.165) is 43.3 Å². The first-order valence-electron chi connectivity index (χ1n) is 12.4. The number of piperidine rings is 1. The number of carbonyl (C=O) groups excluding carboxylic acids is 1. The van der Waals surface area contributed by atoms with Crippen LogP contribution >= 0.6 is 11.6 Å². The van der Waals surface area contributed by atoms with Crippen LogP contribution in [0.4, 0.5) is 11.8 Å². The Morgan fingerprint density at radius 2 is 2.00 bits per heavy atom. The summed E-state index contributed by atoms with van der Waals surface area (Å²) in [6.45, 7) is 4.86. The van der Waals surface area contributed by atoms with Gasteiger partial charge in [0.25, 0.3) is 5.91 Å². The number of benzene rings is 1. The molecule has 2 heterocycles. The first-order chi connectivity index (χ1) is 17.0. The van der Waals surface area contributed by atoms with E-state index in [1.165, 1.54) is 6.42 Å². The summed E-state index contributed by atoms with van der Waals surface area (Å²) in [7, 11) is 0. The second kappa shape index (κ2) is 10.6. The molecule has 2 aromatic rings. The number of fused-ring (bicyclic) bond motifs is 1. The van der Waals surface area contributed by atoms with Crippen LogP contribution in [-0.4, -0.2) is 53.0 Å². The van der Waals surface area contributed by atoms with Gasteiger partial charge < -0.3 is 20.3 Å². The van der Waals surface area contributed by atoms with Crippen LogP contribution in [0.1, 0.15) is 54.9 Å². The standard InChI is InChI=1S/C25H32ClN5O4/c1-2-34-22-8-3-15(9-21(22)26)11-27-23-20(24(32)29-18-4-6-19(35-33)7-5-18)12-28-25(30-23)31-13-16-10-17(16)14-31/h3,8-9,12,16-19,33H,2,4-7,10-11,13-14H2,1H3,(H,29,32)(H,27,28,30). The molecule has 1 aliphatic heterocycles. The van der Waals surface area contributed by atoms with Gasteiger partial charge in [0, 0.05) is 31.9 Å². The molecule has 0 spiro atoms. The number of hydrogen-bond donors (Lipinski definition) is 3.